The van der Waals surface area contributed by atoms with Crippen LogP contribution in [0.1, 0.15) is 6.42 Å². The van der Waals surface area contributed by atoms with E-state index in [-0.39, 0.29) is 8.81 Å². The second-order valence-electron chi connectivity index (χ2n) is 2.52. The topological polar surface area (TPSA) is 37.3 Å². The first-order valence-corrected chi connectivity index (χ1v) is 6.39. The minimum Gasteiger partial charge on any atom is -0.478 e. The fraction of sp³-hybridized carbons (Fsp3) is 0.286. The second-order valence-corrected chi connectivity index (χ2v) is 8.22. The lowest BCUT2D eigenvalue weighted by molar-refractivity contribution is -0.132. The average molecular weight is 440 g/mol. The molecule has 1 N–H and O–H groups in total. The zero-order chi connectivity index (χ0) is 10.2. The molecule has 0 unspecified atom stereocenters. The van der Waals surface area contributed by atoms with Crippen molar-refractivity contribution >= 4 is 69.7 Å². The maximum Gasteiger partial charge on any atom is 0.337 e. The summed E-state index contributed by atoms with van der Waals surface area (Å²) in [6.45, 7) is 0. The first kappa shape index (κ1) is 11.9. The average Bonchev–Trinajstić information content (AvgIpc) is 1.78. The fourth-order valence-corrected chi connectivity index (χ4v) is 5.23. The van der Waals surface area contributed by atoms with E-state index < -0.39 is 5.97 Å². The van der Waals surface area contributed by atoms with Crippen LogP contribution in [0.3, 0.4) is 0 Å². The number of aliphatic carboxylic acids is 1. The van der Waals surface area contributed by atoms with E-state index in [1.807, 2.05) is 0 Å². The summed E-state index contributed by atoms with van der Waals surface area (Å²) in [6.07, 6.45) is 2.32. The third kappa shape index (κ3) is 2.91. The Morgan fingerprint density at radius 1 is 1.46 bits per heavy atom. The molecule has 0 aromatic carbocycles. The van der Waals surface area contributed by atoms with Crippen LogP contribution in [0.5, 0.6) is 0 Å². The number of carboxylic acid groups (broad SMARTS) is 1. The van der Waals surface area contributed by atoms with E-state index in [1.54, 1.807) is 6.08 Å². The number of hydrogen-bond acceptors (Lipinski definition) is 1. The summed E-state index contributed by atoms with van der Waals surface area (Å²) in [5.41, 5.74) is 0.273. The van der Waals surface area contributed by atoms with Crippen molar-refractivity contribution in [3.8, 4) is 0 Å². The number of allylic oxidation sites excluding steroid dienone is 2. The van der Waals surface area contributed by atoms with Gasteiger partial charge in [-0.1, -0.05) is 63.7 Å². The first-order valence-electron chi connectivity index (χ1n) is 3.22. The van der Waals surface area contributed by atoms with Crippen LogP contribution < -0.4 is 0 Å². The van der Waals surface area contributed by atoms with E-state index in [9.17, 15) is 4.79 Å². The maximum atomic E-state index is 10.8. The molecule has 2 nitrogen and oxygen atoms in total. The van der Waals surface area contributed by atoms with Gasteiger partial charge in [0.15, 0.2) is 0 Å². The quantitative estimate of drug-likeness (QED) is 0.630. The standard InChI is InChI=1S/C7H4Br4O2/c8-3-1-7(10,11)2-4(9)5(3)6(12)13/h1H,2H2,(H,12,13). The van der Waals surface area contributed by atoms with E-state index in [1.165, 1.54) is 0 Å². The van der Waals surface area contributed by atoms with Gasteiger partial charge in [0.25, 0.3) is 0 Å². The molecule has 1 rings (SSSR count). The number of halogens is 4. The lowest BCUT2D eigenvalue weighted by Gasteiger charge is -2.22. The molecule has 0 aromatic rings. The monoisotopic (exact) mass is 436 g/mol. The highest BCUT2D eigenvalue weighted by Gasteiger charge is 2.31. The summed E-state index contributed by atoms with van der Waals surface area (Å²) in [5.74, 6) is -0.939. The van der Waals surface area contributed by atoms with E-state index in [0.29, 0.717) is 15.4 Å². The maximum absolute atomic E-state index is 10.8. The number of rotatable bonds is 1. The molecule has 0 radical (unpaired) electrons. The molecule has 0 saturated heterocycles. The summed E-state index contributed by atoms with van der Waals surface area (Å²) in [6, 6.07) is 0. The van der Waals surface area contributed by atoms with Crippen LogP contribution in [0, 0.1) is 0 Å². The van der Waals surface area contributed by atoms with Crippen LogP contribution in [0.4, 0.5) is 0 Å². The molecule has 0 aliphatic heterocycles. The van der Waals surface area contributed by atoms with Gasteiger partial charge >= 0.3 is 5.97 Å². The second kappa shape index (κ2) is 4.16. The van der Waals surface area contributed by atoms with Crippen molar-refractivity contribution in [1.29, 1.82) is 0 Å². The zero-order valence-corrected chi connectivity index (χ0v) is 12.5. The summed E-state index contributed by atoms with van der Waals surface area (Å²) in [5, 5.41) is 8.86. The Morgan fingerprint density at radius 2 is 2.00 bits per heavy atom. The van der Waals surface area contributed by atoms with E-state index in [0.717, 1.165) is 0 Å². The molecule has 0 atom stereocenters. The summed E-state index contributed by atoms with van der Waals surface area (Å²) < 4.78 is 0.853. The first-order chi connectivity index (χ1) is 5.83. The molecule has 6 heteroatoms. The van der Waals surface area contributed by atoms with Crippen LogP contribution in [0.2, 0.25) is 0 Å². The van der Waals surface area contributed by atoms with Crippen molar-refractivity contribution in [3.63, 3.8) is 0 Å². The van der Waals surface area contributed by atoms with Crippen molar-refractivity contribution in [2.45, 2.75) is 9.65 Å². The van der Waals surface area contributed by atoms with Crippen LogP contribution in [-0.2, 0) is 4.79 Å². The molecule has 13 heavy (non-hydrogen) atoms. The van der Waals surface area contributed by atoms with Gasteiger partial charge in [-0.15, -0.1) is 0 Å². The smallest absolute Gasteiger partial charge is 0.337 e. The Kier molecular flexibility index (Phi) is 3.82. The lowest BCUT2D eigenvalue weighted by Crippen LogP contribution is -2.16. The third-order valence-electron chi connectivity index (χ3n) is 1.45. The van der Waals surface area contributed by atoms with Gasteiger partial charge < -0.3 is 5.11 Å². The molecule has 1 aliphatic carbocycles. The molecular formula is C7H4Br4O2. The van der Waals surface area contributed by atoms with Gasteiger partial charge in [0.1, 0.15) is 3.23 Å². The van der Waals surface area contributed by atoms with Gasteiger partial charge in [-0.2, -0.15) is 0 Å². The molecule has 0 heterocycles. The Bertz CT molecular complexity index is 316. The molecule has 72 valence electrons. The van der Waals surface area contributed by atoms with Crippen LogP contribution in [0.25, 0.3) is 0 Å². The fourth-order valence-electron chi connectivity index (χ4n) is 0.952. The molecule has 0 spiro atoms. The van der Waals surface area contributed by atoms with E-state index in [4.69, 9.17) is 5.11 Å². The van der Waals surface area contributed by atoms with Gasteiger partial charge in [0.2, 0.25) is 0 Å². The number of alkyl halides is 2. The number of carboxylic acids is 1. The third-order valence-corrected chi connectivity index (χ3v) is 3.77. The molecular weight excluding hydrogens is 436 g/mol. The zero-order valence-electron chi connectivity index (χ0n) is 6.15. The van der Waals surface area contributed by atoms with Crippen molar-refractivity contribution in [2.24, 2.45) is 0 Å². The Morgan fingerprint density at radius 3 is 2.38 bits per heavy atom. The summed E-state index contributed by atoms with van der Waals surface area (Å²) in [7, 11) is 0. The van der Waals surface area contributed by atoms with Gasteiger partial charge in [0, 0.05) is 15.4 Å². The van der Waals surface area contributed by atoms with Crippen molar-refractivity contribution in [3.05, 3.63) is 20.6 Å². The SMILES string of the molecule is O=C(O)C1=C(Br)CC(Br)(Br)C=C1Br. The Balaban J connectivity index is 3.13. The van der Waals surface area contributed by atoms with E-state index >= 15 is 0 Å². The van der Waals surface area contributed by atoms with Crippen molar-refractivity contribution in [1.82, 2.24) is 0 Å². The lowest BCUT2D eigenvalue weighted by atomic mass is 10.1. The Labute approximate surface area is 109 Å². The number of hydrogen-bond donors (Lipinski definition) is 1. The molecule has 0 saturated carbocycles. The number of carbonyl (C=O) groups is 1. The van der Waals surface area contributed by atoms with Crippen LogP contribution in [0.15, 0.2) is 20.6 Å². The minimum absolute atomic E-state index is 0.273. The summed E-state index contributed by atoms with van der Waals surface area (Å²) in [4.78, 5) is 10.8. The highest BCUT2D eigenvalue weighted by Crippen LogP contribution is 2.45. The van der Waals surface area contributed by atoms with Gasteiger partial charge in [-0.05, 0) is 6.08 Å². The minimum atomic E-state index is -0.939. The van der Waals surface area contributed by atoms with E-state index in [2.05, 4.69) is 63.7 Å². The van der Waals surface area contributed by atoms with Gasteiger partial charge in [-0.3, -0.25) is 0 Å². The normalized spacial score (nSPS) is 21.4. The van der Waals surface area contributed by atoms with Gasteiger partial charge in [-0.25, -0.2) is 4.79 Å². The molecule has 1 aliphatic rings. The van der Waals surface area contributed by atoms with Crippen molar-refractivity contribution in [2.75, 3.05) is 0 Å². The molecule has 0 bridgehead atoms. The van der Waals surface area contributed by atoms with Crippen LogP contribution in [-0.4, -0.2) is 14.3 Å². The molecule has 0 amide bonds. The van der Waals surface area contributed by atoms with Crippen molar-refractivity contribution < 1.29 is 9.90 Å². The predicted molar refractivity (Wildman–Crippen MR) is 65.8 cm³/mol. The summed E-state index contributed by atoms with van der Waals surface area (Å²) >= 11 is 13.2. The highest BCUT2D eigenvalue weighted by atomic mass is 79.9. The Hall–Kier alpha value is 0.870. The highest BCUT2D eigenvalue weighted by molar-refractivity contribution is 9.25. The molecule has 0 fully saturated rings. The largest absolute Gasteiger partial charge is 0.478 e. The van der Waals surface area contributed by atoms with Crippen LogP contribution >= 0.6 is 63.7 Å². The predicted octanol–water partition coefficient (Wildman–Crippen LogP) is 3.89. The van der Waals surface area contributed by atoms with Gasteiger partial charge in [0.05, 0.1) is 5.57 Å². The molecule has 0 aromatic heterocycles.